The summed E-state index contributed by atoms with van der Waals surface area (Å²) in [5, 5.41) is 0. The molecule has 0 atom stereocenters. The number of piperazine rings is 1. The standard InChI is InChI=1S/C19H21N3O4/c1-26-16-5-2-14(3-6-16)12-18(24)21-8-10-22(11-9-21)19(25)15-4-7-17(23)20-13-15/h2-7,13H,8-12H2,1H3,(H,20,23). The molecule has 1 saturated heterocycles. The number of nitrogens with one attached hydrogen (secondary N) is 1. The van der Waals surface area contributed by atoms with Crippen molar-refractivity contribution in [2.75, 3.05) is 33.3 Å². The second-order valence-electron chi connectivity index (χ2n) is 6.14. The van der Waals surface area contributed by atoms with E-state index in [0.717, 1.165) is 11.3 Å². The summed E-state index contributed by atoms with van der Waals surface area (Å²) < 4.78 is 5.12. The largest absolute Gasteiger partial charge is 0.497 e. The number of ether oxygens (including phenoxy) is 1. The van der Waals surface area contributed by atoms with Gasteiger partial charge in [-0.05, 0) is 23.8 Å². The van der Waals surface area contributed by atoms with Gasteiger partial charge in [-0.3, -0.25) is 14.4 Å². The first-order chi connectivity index (χ1) is 12.6. The zero-order valence-electron chi connectivity index (χ0n) is 14.6. The molecule has 2 aromatic rings. The first-order valence-corrected chi connectivity index (χ1v) is 8.45. The number of rotatable bonds is 4. The van der Waals surface area contributed by atoms with E-state index < -0.39 is 0 Å². The van der Waals surface area contributed by atoms with Crippen LogP contribution in [0.25, 0.3) is 0 Å². The predicted molar refractivity (Wildman–Crippen MR) is 96.2 cm³/mol. The topological polar surface area (TPSA) is 82.7 Å². The van der Waals surface area contributed by atoms with Gasteiger partial charge in [-0.1, -0.05) is 12.1 Å². The van der Waals surface area contributed by atoms with Crippen molar-refractivity contribution < 1.29 is 14.3 Å². The lowest BCUT2D eigenvalue weighted by atomic mass is 10.1. The fourth-order valence-corrected chi connectivity index (χ4v) is 2.91. The molecule has 2 amide bonds. The second-order valence-corrected chi connectivity index (χ2v) is 6.14. The van der Waals surface area contributed by atoms with Crippen LogP contribution in [0.15, 0.2) is 47.4 Å². The third kappa shape index (κ3) is 4.11. The molecule has 7 nitrogen and oxygen atoms in total. The van der Waals surface area contributed by atoms with E-state index in [4.69, 9.17) is 4.74 Å². The highest BCUT2D eigenvalue weighted by atomic mass is 16.5. The summed E-state index contributed by atoms with van der Waals surface area (Å²) in [4.78, 5) is 42.0. The van der Waals surface area contributed by atoms with Gasteiger partial charge in [0.05, 0.1) is 19.1 Å². The van der Waals surface area contributed by atoms with Crippen LogP contribution in [-0.2, 0) is 11.2 Å². The van der Waals surface area contributed by atoms with Gasteiger partial charge in [0, 0.05) is 38.4 Å². The van der Waals surface area contributed by atoms with Crippen LogP contribution in [-0.4, -0.2) is 59.9 Å². The zero-order valence-corrected chi connectivity index (χ0v) is 14.6. The van der Waals surface area contributed by atoms with Crippen molar-refractivity contribution in [1.82, 2.24) is 14.8 Å². The molecule has 7 heteroatoms. The third-order valence-corrected chi connectivity index (χ3v) is 4.47. The van der Waals surface area contributed by atoms with Gasteiger partial charge in [0.1, 0.15) is 5.75 Å². The average Bonchev–Trinajstić information content (AvgIpc) is 2.69. The van der Waals surface area contributed by atoms with Crippen LogP contribution < -0.4 is 10.3 Å². The zero-order chi connectivity index (χ0) is 18.5. The number of hydrogen-bond acceptors (Lipinski definition) is 4. The summed E-state index contributed by atoms with van der Waals surface area (Å²) in [5.74, 6) is 0.672. The van der Waals surface area contributed by atoms with Crippen LogP contribution >= 0.6 is 0 Å². The Morgan fingerprint density at radius 1 is 1.00 bits per heavy atom. The van der Waals surface area contributed by atoms with E-state index in [-0.39, 0.29) is 17.4 Å². The van der Waals surface area contributed by atoms with Crippen LogP contribution in [0, 0.1) is 0 Å². The van der Waals surface area contributed by atoms with Crippen LogP contribution in [0.3, 0.4) is 0 Å². The van der Waals surface area contributed by atoms with Crippen LogP contribution in [0.2, 0.25) is 0 Å². The molecule has 0 unspecified atom stereocenters. The van der Waals surface area contributed by atoms with Crippen molar-refractivity contribution in [1.29, 1.82) is 0 Å². The lowest BCUT2D eigenvalue weighted by Crippen LogP contribution is -2.51. The maximum Gasteiger partial charge on any atom is 0.255 e. The molecule has 0 saturated carbocycles. The lowest BCUT2D eigenvalue weighted by molar-refractivity contribution is -0.131. The Hall–Kier alpha value is -3.09. The van der Waals surface area contributed by atoms with Gasteiger partial charge in [-0.25, -0.2) is 0 Å². The van der Waals surface area contributed by atoms with Crippen LogP contribution in [0.1, 0.15) is 15.9 Å². The Labute approximate surface area is 151 Å². The van der Waals surface area contributed by atoms with Crippen molar-refractivity contribution in [2.45, 2.75) is 6.42 Å². The molecule has 1 fully saturated rings. The third-order valence-electron chi connectivity index (χ3n) is 4.47. The number of hydrogen-bond donors (Lipinski definition) is 1. The minimum absolute atomic E-state index is 0.0475. The van der Waals surface area contributed by atoms with Gasteiger partial charge in [-0.15, -0.1) is 0 Å². The van der Waals surface area contributed by atoms with E-state index in [1.807, 2.05) is 24.3 Å². The number of nitrogens with zero attached hydrogens (tertiary/aromatic N) is 2. The molecule has 1 aromatic carbocycles. The Morgan fingerprint density at radius 3 is 2.23 bits per heavy atom. The Kier molecular flexibility index (Phi) is 5.36. The molecule has 1 aromatic heterocycles. The van der Waals surface area contributed by atoms with Gasteiger partial charge in [-0.2, -0.15) is 0 Å². The summed E-state index contributed by atoms with van der Waals surface area (Å²) >= 11 is 0. The van der Waals surface area contributed by atoms with Crippen molar-refractivity contribution >= 4 is 11.8 Å². The molecule has 136 valence electrons. The monoisotopic (exact) mass is 355 g/mol. The van der Waals surface area contributed by atoms with E-state index in [0.29, 0.717) is 38.2 Å². The smallest absolute Gasteiger partial charge is 0.255 e. The highest BCUT2D eigenvalue weighted by Gasteiger charge is 2.24. The molecule has 1 aliphatic rings. The van der Waals surface area contributed by atoms with Gasteiger partial charge < -0.3 is 19.5 Å². The first-order valence-electron chi connectivity index (χ1n) is 8.45. The number of benzene rings is 1. The predicted octanol–water partition coefficient (Wildman–Crippen LogP) is 0.911. The molecular formula is C19H21N3O4. The van der Waals surface area contributed by atoms with Crippen molar-refractivity contribution in [3.8, 4) is 5.75 Å². The fourth-order valence-electron chi connectivity index (χ4n) is 2.91. The Balaban J connectivity index is 1.53. The number of pyridine rings is 1. The van der Waals surface area contributed by atoms with Gasteiger partial charge >= 0.3 is 0 Å². The Morgan fingerprint density at radius 2 is 1.65 bits per heavy atom. The van der Waals surface area contributed by atoms with Gasteiger partial charge in [0.2, 0.25) is 11.5 Å². The molecule has 0 radical (unpaired) electrons. The number of H-pyrrole nitrogens is 1. The minimum atomic E-state index is -0.240. The molecule has 26 heavy (non-hydrogen) atoms. The minimum Gasteiger partial charge on any atom is -0.497 e. The highest BCUT2D eigenvalue weighted by molar-refractivity contribution is 5.94. The van der Waals surface area contributed by atoms with E-state index in [1.165, 1.54) is 18.3 Å². The SMILES string of the molecule is COc1ccc(CC(=O)N2CCN(C(=O)c3ccc(=O)[nH]c3)CC2)cc1. The molecule has 0 aliphatic carbocycles. The number of amides is 2. The second kappa shape index (κ2) is 7.86. The lowest BCUT2D eigenvalue weighted by Gasteiger charge is -2.34. The average molecular weight is 355 g/mol. The summed E-state index contributed by atoms with van der Waals surface area (Å²) in [7, 11) is 1.61. The molecule has 2 heterocycles. The van der Waals surface area contributed by atoms with Crippen molar-refractivity contribution in [3.05, 3.63) is 64.1 Å². The maximum atomic E-state index is 12.5. The van der Waals surface area contributed by atoms with E-state index in [2.05, 4.69) is 4.98 Å². The molecule has 0 spiro atoms. The molecule has 1 N–H and O–H groups in total. The van der Waals surface area contributed by atoms with Gasteiger partial charge in [0.15, 0.2) is 0 Å². The van der Waals surface area contributed by atoms with Crippen LogP contribution in [0.5, 0.6) is 5.75 Å². The summed E-state index contributed by atoms with van der Waals surface area (Å²) in [6.45, 7) is 1.97. The molecular weight excluding hydrogens is 334 g/mol. The van der Waals surface area contributed by atoms with Crippen molar-refractivity contribution in [3.63, 3.8) is 0 Å². The number of aromatic amines is 1. The summed E-state index contributed by atoms with van der Waals surface area (Å²) in [6, 6.07) is 10.3. The van der Waals surface area contributed by atoms with Crippen LogP contribution in [0.4, 0.5) is 0 Å². The quantitative estimate of drug-likeness (QED) is 0.884. The van der Waals surface area contributed by atoms with Crippen molar-refractivity contribution in [2.24, 2.45) is 0 Å². The molecule has 3 rings (SSSR count). The number of carbonyl (C=O) groups excluding carboxylic acids is 2. The number of carbonyl (C=O) groups is 2. The fraction of sp³-hybridized carbons (Fsp3) is 0.316. The van der Waals surface area contributed by atoms with Gasteiger partial charge in [0.25, 0.3) is 5.91 Å². The van der Waals surface area contributed by atoms with E-state index in [9.17, 15) is 14.4 Å². The van der Waals surface area contributed by atoms with E-state index in [1.54, 1.807) is 16.9 Å². The molecule has 0 bridgehead atoms. The molecule has 1 aliphatic heterocycles. The Bertz CT molecular complexity index is 816. The number of methoxy groups -OCH3 is 1. The number of aromatic nitrogens is 1. The summed E-state index contributed by atoms with van der Waals surface area (Å²) in [5.41, 5.74) is 1.14. The van der Waals surface area contributed by atoms with E-state index >= 15 is 0 Å². The highest BCUT2D eigenvalue weighted by Crippen LogP contribution is 2.14. The first kappa shape index (κ1) is 17.7. The summed E-state index contributed by atoms with van der Waals surface area (Å²) in [6.07, 6.45) is 1.75. The maximum absolute atomic E-state index is 12.5. The normalized spacial score (nSPS) is 14.2.